The molecule has 0 bridgehead atoms. The maximum absolute atomic E-state index is 12.3. The molecule has 0 heterocycles. The van der Waals surface area contributed by atoms with E-state index in [4.69, 9.17) is 5.73 Å². The van der Waals surface area contributed by atoms with E-state index in [2.05, 4.69) is 10.0 Å². The molecule has 1 rings (SSSR count). The maximum atomic E-state index is 12.3. The van der Waals surface area contributed by atoms with Crippen LogP contribution in [-0.4, -0.2) is 26.9 Å². The van der Waals surface area contributed by atoms with Crippen molar-refractivity contribution in [1.29, 1.82) is 0 Å². The molecular weight excluding hydrogens is 278 g/mol. The van der Waals surface area contributed by atoms with Crippen LogP contribution in [0.5, 0.6) is 0 Å². The van der Waals surface area contributed by atoms with Gasteiger partial charge in [-0.1, -0.05) is 19.1 Å². The Morgan fingerprint density at radius 1 is 1.40 bits per heavy atom. The molecule has 0 fully saturated rings. The molecule has 0 aliphatic carbocycles. The molecule has 0 spiro atoms. The van der Waals surface area contributed by atoms with Crippen LogP contribution in [-0.2, 0) is 14.8 Å². The number of sulfonamides is 1. The minimum Gasteiger partial charge on any atom is -0.398 e. The molecular formula is C13H21N3O3S. The summed E-state index contributed by atoms with van der Waals surface area (Å²) < 4.78 is 26.9. The Labute approximate surface area is 119 Å². The van der Waals surface area contributed by atoms with Crippen molar-refractivity contribution in [3.05, 3.63) is 23.8 Å². The molecule has 4 N–H and O–H groups in total. The van der Waals surface area contributed by atoms with Crippen LogP contribution < -0.4 is 15.8 Å². The van der Waals surface area contributed by atoms with E-state index in [1.54, 1.807) is 19.1 Å². The highest BCUT2D eigenvalue weighted by Gasteiger charge is 2.24. The van der Waals surface area contributed by atoms with E-state index in [0.29, 0.717) is 12.1 Å². The number of nitrogens with two attached hydrogens (primary N) is 1. The van der Waals surface area contributed by atoms with Gasteiger partial charge in [0.2, 0.25) is 15.9 Å². The molecule has 1 unspecified atom stereocenters. The maximum Gasteiger partial charge on any atom is 0.243 e. The molecule has 0 aromatic heterocycles. The molecule has 0 saturated carbocycles. The zero-order chi connectivity index (χ0) is 15.3. The summed E-state index contributed by atoms with van der Waals surface area (Å²) in [4.78, 5) is 11.7. The first-order chi connectivity index (χ1) is 9.29. The molecule has 1 aromatic carbocycles. The molecule has 0 saturated heterocycles. The first kappa shape index (κ1) is 16.5. The van der Waals surface area contributed by atoms with E-state index >= 15 is 0 Å². The second kappa shape index (κ2) is 6.71. The lowest BCUT2D eigenvalue weighted by Gasteiger charge is -2.16. The smallest absolute Gasteiger partial charge is 0.243 e. The predicted molar refractivity (Wildman–Crippen MR) is 78.7 cm³/mol. The van der Waals surface area contributed by atoms with E-state index in [0.717, 1.165) is 6.42 Å². The molecule has 1 atom stereocenters. The molecule has 0 radical (unpaired) electrons. The SMILES string of the molecule is CCCNC(=O)C(C)NS(=O)(=O)c1c(C)cccc1N. The Hall–Kier alpha value is -1.60. The molecule has 6 nitrogen and oxygen atoms in total. The second-order valence-electron chi connectivity index (χ2n) is 4.63. The highest BCUT2D eigenvalue weighted by atomic mass is 32.2. The highest BCUT2D eigenvalue weighted by molar-refractivity contribution is 7.89. The molecule has 112 valence electrons. The lowest BCUT2D eigenvalue weighted by molar-refractivity contribution is -0.122. The summed E-state index contributed by atoms with van der Waals surface area (Å²) in [5.74, 6) is -0.359. The van der Waals surface area contributed by atoms with E-state index in [9.17, 15) is 13.2 Å². The van der Waals surface area contributed by atoms with Gasteiger partial charge in [0.15, 0.2) is 0 Å². The normalized spacial score (nSPS) is 12.9. The molecule has 20 heavy (non-hydrogen) atoms. The van der Waals surface area contributed by atoms with E-state index in [1.165, 1.54) is 13.0 Å². The standard InChI is InChI=1S/C13H21N3O3S/c1-4-8-15-13(17)10(3)16-20(18,19)12-9(2)6-5-7-11(12)14/h5-7,10,16H,4,8,14H2,1-3H3,(H,15,17). The molecule has 7 heteroatoms. The number of carbonyl (C=O) groups excluding carboxylic acids is 1. The summed E-state index contributed by atoms with van der Waals surface area (Å²) in [6.45, 7) is 5.59. The Balaban J connectivity index is 2.93. The van der Waals surface area contributed by atoms with Gasteiger partial charge >= 0.3 is 0 Å². The van der Waals surface area contributed by atoms with Gasteiger partial charge in [0.1, 0.15) is 4.90 Å². The summed E-state index contributed by atoms with van der Waals surface area (Å²) in [7, 11) is -3.83. The van der Waals surface area contributed by atoms with Crippen molar-refractivity contribution in [2.24, 2.45) is 0 Å². The molecule has 0 aliphatic rings. The van der Waals surface area contributed by atoms with Crippen molar-refractivity contribution in [1.82, 2.24) is 10.0 Å². The lowest BCUT2D eigenvalue weighted by atomic mass is 10.2. The predicted octanol–water partition coefficient (Wildman–Crippen LogP) is 0.770. The first-order valence-electron chi connectivity index (χ1n) is 6.44. The average molecular weight is 299 g/mol. The van der Waals surface area contributed by atoms with Gasteiger partial charge in [-0.15, -0.1) is 0 Å². The third-order valence-corrected chi connectivity index (χ3v) is 4.54. The van der Waals surface area contributed by atoms with Crippen LogP contribution in [0.4, 0.5) is 5.69 Å². The largest absolute Gasteiger partial charge is 0.398 e. The van der Waals surface area contributed by atoms with Crippen molar-refractivity contribution < 1.29 is 13.2 Å². The average Bonchev–Trinajstić information content (AvgIpc) is 2.34. The quantitative estimate of drug-likeness (QED) is 0.675. The van der Waals surface area contributed by atoms with Crippen molar-refractivity contribution in [2.75, 3.05) is 12.3 Å². The van der Waals surface area contributed by atoms with E-state index in [-0.39, 0.29) is 16.5 Å². The van der Waals surface area contributed by atoms with Crippen LogP contribution in [0, 0.1) is 6.92 Å². The van der Waals surface area contributed by atoms with Gasteiger partial charge in [0.25, 0.3) is 0 Å². The fourth-order valence-corrected chi connectivity index (χ4v) is 3.35. The minimum absolute atomic E-state index is 0.0233. The molecule has 1 amide bonds. The number of rotatable bonds is 6. The molecule has 1 aromatic rings. The summed E-state index contributed by atoms with van der Waals surface area (Å²) in [5.41, 5.74) is 6.43. The number of carbonyl (C=O) groups is 1. The zero-order valence-corrected chi connectivity index (χ0v) is 12.8. The fourth-order valence-electron chi connectivity index (χ4n) is 1.79. The zero-order valence-electron chi connectivity index (χ0n) is 11.9. The van der Waals surface area contributed by atoms with Crippen molar-refractivity contribution >= 4 is 21.6 Å². The van der Waals surface area contributed by atoms with Gasteiger partial charge in [0, 0.05) is 6.54 Å². The van der Waals surface area contributed by atoms with E-state index in [1.807, 2.05) is 6.92 Å². The summed E-state index contributed by atoms with van der Waals surface area (Å²) in [5, 5.41) is 2.64. The third kappa shape index (κ3) is 3.94. The number of amides is 1. The van der Waals surface area contributed by atoms with Crippen molar-refractivity contribution in [3.8, 4) is 0 Å². The monoisotopic (exact) mass is 299 g/mol. The Bertz CT molecular complexity index is 564. The highest BCUT2D eigenvalue weighted by Crippen LogP contribution is 2.22. The Morgan fingerprint density at radius 2 is 2.05 bits per heavy atom. The van der Waals surface area contributed by atoms with Gasteiger partial charge in [-0.2, -0.15) is 4.72 Å². The number of aryl methyl sites for hydroxylation is 1. The van der Waals surface area contributed by atoms with Crippen LogP contribution in [0.25, 0.3) is 0 Å². The third-order valence-electron chi connectivity index (χ3n) is 2.79. The number of anilines is 1. The van der Waals surface area contributed by atoms with Crippen LogP contribution in [0.2, 0.25) is 0 Å². The summed E-state index contributed by atoms with van der Waals surface area (Å²) in [6, 6.07) is 4.00. The number of nitrogens with one attached hydrogen (secondary N) is 2. The Kier molecular flexibility index (Phi) is 5.52. The summed E-state index contributed by atoms with van der Waals surface area (Å²) in [6.07, 6.45) is 0.788. The van der Waals surface area contributed by atoms with Crippen molar-refractivity contribution in [2.45, 2.75) is 38.1 Å². The van der Waals surface area contributed by atoms with Crippen LogP contribution in [0.1, 0.15) is 25.8 Å². The first-order valence-corrected chi connectivity index (χ1v) is 7.93. The number of hydrogen-bond donors (Lipinski definition) is 3. The van der Waals surface area contributed by atoms with Gasteiger partial charge in [-0.3, -0.25) is 4.79 Å². The Morgan fingerprint density at radius 3 is 2.60 bits per heavy atom. The fraction of sp³-hybridized carbons (Fsp3) is 0.462. The minimum atomic E-state index is -3.83. The van der Waals surface area contributed by atoms with Crippen LogP contribution >= 0.6 is 0 Å². The number of nitrogen functional groups attached to an aromatic ring is 1. The molecule has 0 aliphatic heterocycles. The van der Waals surface area contributed by atoms with Gasteiger partial charge in [-0.25, -0.2) is 8.42 Å². The van der Waals surface area contributed by atoms with E-state index < -0.39 is 16.1 Å². The van der Waals surface area contributed by atoms with Gasteiger partial charge < -0.3 is 11.1 Å². The summed E-state index contributed by atoms with van der Waals surface area (Å²) >= 11 is 0. The van der Waals surface area contributed by atoms with Gasteiger partial charge in [0.05, 0.1) is 11.7 Å². The number of benzene rings is 1. The topological polar surface area (TPSA) is 101 Å². The van der Waals surface area contributed by atoms with Gasteiger partial charge in [-0.05, 0) is 31.9 Å². The van der Waals surface area contributed by atoms with Crippen molar-refractivity contribution in [3.63, 3.8) is 0 Å². The van der Waals surface area contributed by atoms with Crippen LogP contribution in [0.15, 0.2) is 23.1 Å². The van der Waals surface area contributed by atoms with Crippen LogP contribution in [0.3, 0.4) is 0 Å². The lowest BCUT2D eigenvalue weighted by Crippen LogP contribution is -2.45. The second-order valence-corrected chi connectivity index (χ2v) is 6.28. The number of hydrogen-bond acceptors (Lipinski definition) is 4.